The fraction of sp³-hybridized carbons (Fsp3) is 0.261. The lowest BCUT2D eigenvalue weighted by Crippen LogP contribution is -2.55. The molecule has 0 spiro atoms. The van der Waals surface area contributed by atoms with Gasteiger partial charge >= 0.3 is 6.03 Å². The van der Waals surface area contributed by atoms with Gasteiger partial charge in [-0.1, -0.05) is 12.1 Å². The van der Waals surface area contributed by atoms with Crippen molar-refractivity contribution >= 4 is 29.2 Å². The molecule has 2 aromatic rings. The number of fused-ring (bicyclic) bond motifs is 1. The van der Waals surface area contributed by atoms with Gasteiger partial charge in [0.2, 0.25) is 0 Å². The number of halogens is 1. The van der Waals surface area contributed by atoms with E-state index in [-0.39, 0.29) is 17.4 Å². The minimum Gasteiger partial charge on any atom is -0.344 e. The van der Waals surface area contributed by atoms with Gasteiger partial charge in [-0.15, -0.1) is 0 Å². The Bertz CT molecular complexity index is 1110. The van der Waals surface area contributed by atoms with Crippen molar-refractivity contribution in [3.05, 3.63) is 70.7 Å². The van der Waals surface area contributed by atoms with Crippen LogP contribution in [0, 0.1) is 19.7 Å². The Balaban J connectivity index is 1.78. The zero-order valence-corrected chi connectivity index (χ0v) is 17.0. The molecule has 0 radical (unpaired) electrons. The van der Waals surface area contributed by atoms with E-state index in [2.05, 4.69) is 5.32 Å². The van der Waals surface area contributed by atoms with Gasteiger partial charge in [-0.25, -0.2) is 14.1 Å². The van der Waals surface area contributed by atoms with Crippen molar-refractivity contribution in [3.63, 3.8) is 0 Å². The van der Waals surface area contributed by atoms with Gasteiger partial charge in [0.05, 0.1) is 5.69 Å². The number of anilines is 2. The van der Waals surface area contributed by atoms with E-state index in [0.717, 1.165) is 33.7 Å². The molecule has 7 heteroatoms. The van der Waals surface area contributed by atoms with Crippen LogP contribution in [0.25, 0.3) is 0 Å². The third kappa shape index (κ3) is 3.26. The number of rotatable bonds is 2. The van der Waals surface area contributed by atoms with Crippen LogP contribution in [0.15, 0.2) is 48.2 Å². The summed E-state index contributed by atoms with van der Waals surface area (Å²) in [5.74, 6) is -1.75. The number of hydrogen-bond acceptors (Lipinski definition) is 4. The van der Waals surface area contributed by atoms with Crippen molar-refractivity contribution in [1.82, 2.24) is 5.32 Å². The van der Waals surface area contributed by atoms with Crippen LogP contribution in [0.4, 0.5) is 20.6 Å². The molecule has 1 unspecified atom stereocenters. The Morgan fingerprint density at radius 3 is 2.63 bits per heavy atom. The number of amides is 4. The Morgan fingerprint density at radius 1 is 1.10 bits per heavy atom. The minimum atomic E-state index is -0.773. The second kappa shape index (κ2) is 7.40. The Morgan fingerprint density at radius 2 is 1.87 bits per heavy atom. The average molecular weight is 407 g/mol. The van der Waals surface area contributed by atoms with Crippen LogP contribution < -0.4 is 15.1 Å². The van der Waals surface area contributed by atoms with E-state index in [9.17, 15) is 18.8 Å². The first-order valence-electron chi connectivity index (χ1n) is 9.82. The van der Waals surface area contributed by atoms with Gasteiger partial charge in [-0.05, 0) is 74.6 Å². The molecule has 1 N–H and O–H groups in total. The number of nitrogens with zero attached hydrogens (tertiary/aromatic N) is 2. The van der Waals surface area contributed by atoms with Gasteiger partial charge in [0.25, 0.3) is 11.8 Å². The van der Waals surface area contributed by atoms with E-state index >= 15 is 0 Å². The number of urea groups is 1. The van der Waals surface area contributed by atoms with Crippen LogP contribution in [0.2, 0.25) is 0 Å². The number of benzene rings is 2. The van der Waals surface area contributed by atoms with Crippen LogP contribution >= 0.6 is 0 Å². The van der Waals surface area contributed by atoms with E-state index in [1.807, 2.05) is 31.7 Å². The monoisotopic (exact) mass is 407 g/mol. The number of hydrogen-bond donors (Lipinski definition) is 1. The standard InChI is InChI=1S/C23H22FN3O3/c1-13-5-4-6-19(15(13)3)27-22(29)18(21(28)25-23(27)30)12-26-14(2)7-8-16-11-17(24)9-10-20(16)26/h4-6,9-12,14H,7-8H2,1-3H3,(H,25,28,30). The molecule has 6 nitrogen and oxygen atoms in total. The van der Waals surface area contributed by atoms with Crippen LogP contribution in [-0.4, -0.2) is 23.9 Å². The molecular weight excluding hydrogens is 385 g/mol. The molecule has 1 atom stereocenters. The van der Waals surface area contributed by atoms with Gasteiger partial charge in [-0.2, -0.15) is 0 Å². The number of nitrogens with one attached hydrogen (secondary N) is 1. The van der Waals surface area contributed by atoms with E-state index in [1.54, 1.807) is 18.2 Å². The summed E-state index contributed by atoms with van der Waals surface area (Å²) < 4.78 is 13.7. The fourth-order valence-corrected chi connectivity index (χ4v) is 3.92. The zero-order valence-electron chi connectivity index (χ0n) is 17.0. The van der Waals surface area contributed by atoms with E-state index in [4.69, 9.17) is 0 Å². The molecule has 2 aliphatic rings. The van der Waals surface area contributed by atoms with Crippen molar-refractivity contribution in [1.29, 1.82) is 0 Å². The smallest absolute Gasteiger partial charge is 0.335 e. The van der Waals surface area contributed by atoms with Gasteiger partial charge < -0.3 is 4.90 Å². The first kappa shape index (κ1) is 19.8. The first-order chi connectivity index (χ1) is 14.3. The molecule has 0 aliphatic carbocycles. The summed E-state index contributed by atoms with van der Waals surface area (Å²) in [6.45, 7) is 5.68. The highest BCUT2D eigenvalue weighted by Crippen LogP contribution is 2.33. The largest absolute Gasteiger partial charge is 0.344 e. The van der Waals surface area contributed by atoms with Crippen molar-refractivity contribution in [2.24, 2.45) is 0 Å². The van der Waals surface area contributed by atoms with Gasteiger partial charge in [-0.3, -0.25) is 14.9 Å². The topological polar surface area (TPSA) is 69.7 Å². The lowest BCUT2D eigenvalue weighted by molar-refractivity contribution is -0.122. The molecule has 0 bridgehead atoms. The summed E-state index contributed by atoms with van der Waals surface area (Å²) in [4.78, 5) is 41.1. The predicted octanol–water partition coefficient (Wildman–Crippen LogP) is 3.75. The summed E-state index contributed by atoms with van der Waals surface area (Å²) in [5, 5.41) is 2.26. The number of barbiturate groups is 1. The molecule has 2 aliphatic heterocycles. The van der Waals surface area contributed by atoms with Crippen LogP contribution in [0.1, 0.15) is 30.0 Å². The van der Waals surface area contributed by atoms with E-state index in [1.165, 1.54) is 18.3 Å². The number of carbonyl (C=O) groups excluding carboxylic acids is 3. The summed E-state index contributed by atoms with van der Waals surface area (Å²) in [5.41, 5.74) is 3.57. The van der Waals surface area contributed by atoms with Crippen molar-refractivity contribution in [3.8, 4) is 0 Å². The van der Waals surface area contributed by atoms with Gasteiger partial charge in [0.15, 0.2) is 0 Å². The lowest BCUT2D eigenvalue weighted by Gasteiger charge is -2.36. The zero-order chi connectivity index (χ0) is 21.6. The predicted molar refractivity (Wildman–Crippen MR) is 112 cm³/mol. The third-order valence-electron chi connectivity index (χ3n) is 5.81. The van der Waals surface area contributed by atoms with Crippen LogP contribution in [0.3, 0.4) is 0 Å². The Labute approximate surface area is 174 Å². The molecule has 0 saturated carbocycles. The molecule has 2 aromatic carbocycles. The molecular formula is C23H22FN3O3. The molecule has 2 heterocycles. The number of carbonyl (C=O) groups is 3. The molecule has 4 amide bonds. The van der Waals surface area contributed by atoms with Gasteiger partial charge in [0.1, 0.15) is 11.4 Å². The molecule has 1 fully saturated rings. The average Bonchev–Trinajstić information content (AvgIpc) is 2.69. The number of imide groups is 2. The van der Waals surface area contributed by atoms with E-state index < -0.39 is 17.8 Å². The van der Waals surface area contributed by atoms with Crippen molar-refractivity contribution in [2.45, 2.75) is 39.7 Å². The highest BCUT2D eigenvalue weighted by atomic mass is 19.1. The Hall–Kier alpha value is -3.48. The van der Waals surface area contributed by atoms with Crippen molar-refractivity contribution in [2.75, 3.05) is 9.80 Å². The normalized spacial score (nSPS) is 20.5. The lowest BCUT2D eigenvalue weighted by atomic mass is 9.96. The summed E-state index contributed by atoms with van der Waals surface area (Å²) in [7, 11) is 0. The highest BCUT2D eigenvalue weighted by Gasteiger charge is 2.38. The SMILES string of the molecule is Cc1cccc(N2C(=O)NC(=O)C(=CN3c4ccc(F)cc4CCC3C)C2=O)c1C. The maximum absolute atomic E-state index is 13.7. The minimum absolute atomic E-state index is 0.00263. The Kier molecular flexibility index (Phi) is 4.89. The van der Waals surface area contributed by atoms with Crippen LogP contribution in [-0.2, 0) is 16.0 Å². The van der Waals surface area contributed by atoms with Crippen LogP contribution in [0.5, 0.6) is 0 Å². The number of aryl methyl sites for hydroxylation is 2. The summed E-state index contributed by atoms with van der Waals surface area (Å²) >= 11 is 0. The first-order valence-corrected chi connectivity index (χ1v) is 9.82. The maximum Gasteiger partial charge on any atom is 0.335 e. The van der Waals surface area contributed by atoms with E-state index in [0.29, 0.717) is 12.1 Å². The molecule has 154 valence electrons. The molecule has 1 saturated heterocycles. The second-order valence-corrected chi connectivity index (χ2v) is 7.73. The third-order valence-corrected chi connectivity index (χ3v) is 5.81. The fourth-order valence-electron chi connectivity index (χ4n) is 3.92. The molecule has 30 heavy (non-hydrogen) atoms. The maximum atomic E-state index is 13.7. The van der Waals surface area contributed by atoms with Crippen molar-refractivity contribution < 1.29 is 18.8 Å². The summed E-state index contributed by atoms with van der Waals surface area (Å²) in [6.07, 6.45) is 2.93. The quantitative estimate of drug-likeness (QED) is 0.608. The molecule has 0 aromatic heterocycles. The summed E-state index contributed by atoms with van der Waals surface area (Å²) in [6, 6.07) is 9.03. The second-order valence-electron chi connectivity index (χ2n) is 7.73. The van der Waals surface area contributed by atoms with Gasteiger partial charge in [0, 0.05) is 17.9 Å². The molecule has 4 rings (SSSR count). The highest BCUT2D eigenvalue weighted by molar-refractivity contribution is 6.37.